The number of hydrogen-bond acceptors (Lipinski definition) is 3. The maximum Gasteiger partial charge on any atom is 0.134 e. The first-order valence-corrected chi connectivity index (χ1v) is 9.42. The number of hydrogen-bond donors (Lipinski definition) is 2. The van der Waals surface area contributed by atoms with Crippen LogP contribution in [0.25, 0.3) is 5.70 Å². The highest BCUT2D eigenvalue weighted by Gasteiger charge is 2.25. The molecule has 0 aromatic carbocycles. The van der Waals surface area contributed by atoms with Gasteiger partial charge in [-0.25, -0.2) is 4.68 Å². The number of nitrogens with zero attached hydrogens (tertiary/aromatic N) is 2. The second-order valence-corrected chi connectivity index (χ2v) is 6.89. The van der Waals surface area contributed by atoms with E-state index in [1.54, 1.807) is 6.08 Å². The molecule has 0 fully saturated rings. The van der Waals surface area contributed by atoms with Crippen LogP contribution in [-0.4, -0.2) is 28.9 Å². The number of aromatic nitrogens is 2. The summed E-state index contributed by atoms with van der Waals surface area (Å²) in [5, 5.41) is 11.4. The zero-order chi connectivity index (χ0) is 19.6. The van der Waals surface area contributed by atoms with Crippen molar-refractivity contribution in [1.82, 2.24) is 15.1 Å². The van der Waals surface area contributed by atoms with E-state index in [4.69, 9.17) is 11.6 Å². The molecule has 2 atom stereocenters. The van der Waals surface area contributed by atoms with Gasteiger partial charge in [-0.15, -0.1) is 11.6 Å². The molecule has 0 aliphatic carbocycles. The Bertz CT molecular complexity index is 705. The van der Waals surface area contributed by atoms with Crippen LogP contribution in [0.5, 0.6) is 0 Å². The minimum atomic E-state index is -0.0397. The predicted octanol–water partition coefficient (Wildman–Crippen LogP) is 4.80. The third kappa shape index (κ3) is 6.09. The summed E-state index contributed by atoms with van der Waals surface area (Å²) in [5.74, 6) is 7.60. The Hall–Kier alpha value is -1.96. The van der Waals surface area contributed by atoms with Gasteiger partial charge in [0.25, 0.3) is 0 Å². The van der Waals surface area contributed by atoms with Gasteiger partial charge in [-0.1, -0.05) is 43.7 Å². The molecule has 0 aliphatic heterocycles. The molecule has 0 spiro atoms. The predicted molar refractivity (Wildman–Crippen MR) is 114 cm³/mol. The van der Waals surface area contributed by atoms with Crippen LogP contribution in [0.4, 0.5) is 5.82 Å². The van der Waals surface area contributed by atoms with Crippen LogP contribution >= 0.6 is 11.6 Å². The second-order valence-electron chi connectivity index (χ2n) is 6.51. The van der Waals surface area contributed by atoms with Gasteiger partial charge in [0.1, 0.15) is 11.5 Å². The first kappa shape index (κ1) is 22.1. The van der Waals surface area contributed by atoms with Crippen molar-refractivity contribution in [2.45, 2.75) is 46.7 Å². The standard InChI is InChI=1S/C21H31ClN4/c1-7-10-12-21(5,13-14-22)15-19(23-6)25-20-17(4)16-24-26(20)18(9-3)11-8-2/h7,9-10,12,16,19,23,25H,1,13-15H2,2-6H3/b12-10-,18-9+/t19-,21-/m1/s1. The lowest BCUT2D eigenvalue weighted by atomic mass is 9.82. The van der Waals surface area contributed by atoms with E-state index in [1.807, 2.05) is 50.8 Å². The summed E-state index contributed by atoms with van der Waals surface area (Å²) in [6, 6.07) is 0. The van der Waals surface area contributed by atoms with Crippen molar-refractivity contribution >= 4 is 23.1 Å². The summed E-state index contributed by atoms with van der Waals surface area (Å²) >= 11 is 6.04. The SMILES string of the molecule is C=C/C=C\[C@](C)(CCCl)C[C@H](NC)Nc1c(C)cnn1/C(C#CC)=C/C. The molecule has 1 rings (SSSR count). The summed E-state index contributed by atoms with van der Waals surface area (Å²) in [6.07, 6.45) is 11.6. The van der Waals surface area contributed by atoms with Gasteiger partial charge in [0.2, 0.25) is 0 Å². The number of halogens is 1. The second kappa shape index (κ2) is 10.9. The van der Waals surface area contributed by atoms with Crippen molar-refractivity contribution in [3.63, 3.8) is 0 Å². The Kier molecular flexibility index (Phi) is 9.26. The lowest BCUT2D eigenvalue weighted by Crippen LogP contribution is -2.39. The van der Waals surface area contributed by atoms with E-state index in [9.17, 15) is 0 Å². The van der Waals surface area contributed by atoms with Crippen molar-refractivity contribution in [3.8, 4) is 11.8 Å². The molecule has 1 aromatic heterocycles. The molecule has 2 N–H and O–H groups in total. The van der Waals surface area contributed by atoms with E-state index < -0.39 is 0 Å². The van der Waals surface area contributed by atoms with E-state index in [-0.39, 0.29) is 11.6 Å². The molecule has 0 radical (unpaired) electrons. The van der Waals surface area contributed by atoms with Crippen molar-refractivity contribution in [2.24, 2.45) is 5.41 Å². The van der Waals surface area contributed by atoms with Gasteiger partial charge in [0.15, 0.2) is 0 Å². The monoisotopic (exact) mass is 374 g/mol. The number of aryl methyl sites for hydroxylation is 1. The fraction of sp³-hybridized carbons (Fsp3) is 0.476. The van der Waals surface area contributed by atoms with Crippen LogP contribution in [-0.2, 0) is 0 Å². The molecule has 26 heavy (non-hydrogen) atoms. The summed E-state index contributed by atoms with van der Waals surface area (Å²) in [7, 11) is 1.95. The summed E-state index contributed by atoms with van der Waals surface area (Å²) in [4.78, 5) is 0. The number of anilines is 1. The smallest absolute Gasteiger partial charge is 0.134 e. The topological polar surface area (TPSA) is 41.9 Å². The molecule has 142 valence electrons. The van der Waals surface area contributed by atoms with Crippen LogP contribution < -0.4 is 10.6 Å². The van der Waals surface area contributed by atoms with E-state index in [0.29, 0.717) is 5.88 Å². The first-order valence-electron chi connectivity index (χ1n) is 8.88. The Balaban J connectivity index is 3.11. The van der Waals surface area contributed by atoms with Crippen LogP contribution in [0, 0.1) is 24.2 Å². The number of allylic oxidation sites excluding steroid dienone is 5. The lowest BCUT2D eigenvalue weighted by molar-refractivity contribution is 0.335. The van der Waals surface area contributed by atoms with E-state index in [0.717, 1.165) is 29.9 Å². The van der Waals surface area contributed by atoms with Crippen molar-refractivity contribution < 1.29 is 0 Å². The number of rotatable bonds is 10. The third-order valence-corrected chi connectivity index (χ3v) is 4.53. The fourth-order valence-electron chi connectivity index (χ4n) is 2.79. The Morgan fingerprint density at radius 1 is 1.54 bits per heavy atom. The van der Waals surface area contributed by atoms with Gasteiger partial charge >= 0.3 is 0 Å². The van der Waals surface area contributed by atoms with Gasteiger partial charge in [-0.05, 0) is 52.0 Å². The average Bonchev–Trinajstić information content (AvgIpc) is 2.98. The van der Waals surface area contributed by atoms with E-state index in [1.165, 1.54) is 0 Å². The van der Waals surface area contributed by atoms with Gasteiger partial charge in [0.05, 0.1) is 12.4 Å². The Morgan fingerprint density at radius 3 is 2.81 bits per heavy atom. The molecule has 4 nitrogen and oxygen atoms in total. The zero-order valence-electron chi connectivity index (χ0n) is 16.6. The van der Waals surface area contributed by atoms with Crippen molar-refractivity contribution in [1.29, 1.82) is 0 Å². The molecule has 0 unspecified atom stereocenters. The van der Waals surface area contributed by atoms with Gasteiger partial charge in [0, 0.05) is 11.4 Å². The van der Waals surface area contributed by atoms with Crippen LogP contribution in [0.2, 0.25) is 0 Å². The largest absolute Gasteiger partial charge is 0.354 e. The lowest BCUT2D eigenvalue weighted by Gasteiger charge is -2.31. The highest BCUT2D eigenvalue weighted by atomic mass is 35.5. The van der Waals surface area contributed by atoms with Crippen LogP contribution in [0.3, 0.4) is 0 Å². The maximum absolute atomic E-state index is 6.04. The summed E-state index contributed by atoms with van der Waals surface area (Å²) < 4.78 is 1.86. The Labute approximate surface area is 163 Å². The van der Waals surface area contributed by atoms with Crippen molar-refractivity contribution in [3.05, 3.63) is 42.6 Å². The van der Waals surface area contributed by atoms with E-state index in [2.05, 4.69) is 47.2 Å². The minimum absolute atomic E-state index is 0.0397. The molecule has 1 aromatic rings. The van der Waals surface area contributed by atoms with Gasteiger partial charge in [-0.3, -0.25) is 0 Å². The molecule has 5 heteroatoms. The highest BCUT2D eigenvalue weighted by molar-refractivity contribution is 6.17. The molecule has 1 heterocycles. The summed E-state index contributed by atoms with van der Waals surface area (Å²) in [6.45, 7) is 11.8. The number of alkyl halides is 1. The third-order valence-electron chi connectivity index (χ3n) is 4.34. The first-order chi connectivity index (χ1) is 12.4. The molecule has 0 saturated heterocycles. The maximum atomic E-state index is 6.04. The molecule has 0 aliphatic rings. The summed E-state index contributed by atoms with van der Waals surface area (Å²) in [5.41, 5.74) is 1.89. The highest BCUT2D eigenvalue weighted by Crippen LogP contribution is 2.31. The minimum Gasteiger partial charge on any atom is -0.354 e. The number of nitrogens with one attached hydrogen (secondary N) is 2. The van der Waals surface area contributed by atoms with Crippen LogP contribution in [0.1, 0.15) is 39.2 Å². The molecule has 0 saturated carbocycles. The average molecular weight is 375 g/mol. The van der Waals surface area contributed by atoms with Gasteiger partial charge < -0.3 is 10.6 Å². The van der Waals surface area contributed by atoms with E-state index >= 15 is 0 Å². The quantitative estimate of drug-likeness (QED) is 0.267. The molecule has 0 bridgehead atoms. The molecule has 0 amide bonds. The zero-order valence-corrected chi connectivity index (χ0v) is 17.3. The van der Waals surface area contributed by atoms with Crippen molar-refractivity contribution in [2.75, 3.05) is 18.2 Å². The Morgan fingerprint density at radius 2 is 2.27 bits per heavy atom. The molecular formula is C21H31ClN4. The normalized spacial score (nSPS) is 15.2. The van der Waals surface area contributed by atoms with Crippen LogP contribution in [0.15, 0.2) is 37.1 Å². The fourth-order valence-corrected chi connectivity index (χ4v) is 3.22. The molecular weight excluding hydrogens is 344 g/mol. The van der Waals surface area contributed by atoms with Gasteiger partial charge in [-0.2, -0.15) is 5.10 Å².